The highest BCUT2D eigenvalue weighted by molar-refractivity contribution is 8.04. The summed E-state index contributed by atoms with van der Waals surface area (Å²) in [6.07, 6.45) is 10.1. The van der Waals surface area contributed by atoms with Crippen molar-refractivity contribution < 1.29 is 23.8 Å². The molecule has 0 aromatic rings. The number of esters is 1. The predicted octanol–water partition coefficient (Wildman–Crippen LogP) is 3.00. The summed E-state index contributed by atoms with van der Waals surface area (Å²) in [5, 5.41) is 0. The molecule has 1 fully saturated rings. The van der Waals surface area contributed by atoms with Gasteiger partial charge in [0.25, 0.3) is 0 Å². The van der Waals surface area contributed by atoms with Gasteiger partial charge in [0, 0.05) is 24.0 Å². The van der Waals surface area contributed by atoms with E-state index in [1.165, 1.54) is 13.2 Å². The number of allylic oxidation sites excluding steroid dienone is 2. The Kier molecular flexibility index (Phi) is 7.85. The number of thioether (sulfide) groups is 1. The summed E-state index contributed by atoms with van der Waals surface area (Å²) in [7, 11) is 1.36. The van der Waals surface area contributed by atoms with E-state index >= 15 is 0 Å². The molecule has 1 aliphatic heterocycles. The normalized spacial score (nSPS) is 24.9. The molecule has 2 unspecified atom stereocenters. The molecule has 6 heteroatoms. The van der Waals surface area contributed by atoms with Crippen LogP contribution in [0.25, 0.3) is 0 Å². The molecule has 0 spiro atoms. The molecule has 0 aromatic heterocycles. The van der Waals surface area contributed by atoms with E-state index in [1.807, 2.05) is 6.08 Å². The fourth-order valence-electron chi connectivity index (χ4n) is 2.46. The van der Waals surface area contributed by atoms with Crippen LogP contribution < -0.4 is 0 Å². The molecule has 1 saturated heterocycles. The fourth-order valence-corrected chi connectivity index (χ4v) is 3.49. The molecular weight excluding hydrogens is 316 g/mol. The minimum Gasteiger partial charge on any atom is -0.466 e. The van der Waals surface area contributed by atoms with Crippen molar-refractivity contribution in [2.24, 2.45) is 0 Å². The fraction of sp³-hybridized carbons (Fsp3) is 0.647. The van der Waals surface area contributed by atoms with E-state index in [2.05, 4.69) is 4.74 Å². The minimum atomic E-state index is -0.337. The second kappa shape index (κ2) is 9.90. The van der Waals surface area contributed by atoms with Crippen molar-refractivity contribution in [3.63, 3.8) is 0 Å². The largest absolute Gasteiger partial charge is 0.466 e. The molecule has 0 N–H and O–H groups in total. The summed E-state index contributed by atoms with van der Waals surface area (Å²) in [5.74, 6) is 0.660. The van der Waals surface area contributed by atoms with Crippen molar-refractivity contribution >= 4 is 23.5 Å². The first-order chi connectivity index (χ1) is 11.2. The molecule has 0 radical (unpaired) electrons. The summed E-state index contributed by atoms with van der Waals surface area (Å²) in [6.45, 7) is 0.746. The third-order valence-electron chi connectivity index (χ3n) is 3.69. The van der Waals surface area contributed by atoms with Crippen LogP contribution >= 0.6 is 11.8 Å². The van der Waals surface area contributed by atoms with Crippen molar-refractivity contribution in [2.75, 3.05) is 19.5 Å². The Bertz CT molecular complexity index is 466. The Morgan fingerprint density at radius 3 is 3.09 bits per heavy atom. The molecule has 1 aliphatic carbocycles. The van der Waals surface area contributed by atoms with Crippen LogP contribution in [-0.4, -0.2) is 43.6 Å². The van der Waals surface area contributed by atoms with Crippen LogP contribution in [0.1, 0.15) is 38.5 Å². The first-order valence-corrected chi connectivity index (χ1v) is 9.07. The zero-order chi connectivity index (χ0) is 16.5. The Morgan fingerprint density at radius 2 is 2.35 bits per heavy atom. The van der Waals surface area contributed by atoms with Gasteiger partial charge < -0.3 is 14.2 Å². The summed E-state index contributed by atoms with van der Waals surface area (Å²) >= 11 is 1.56. The van der Waals surface area contributed by atoms with Crippen LogP contribution in [0, 0.1) is 0 Å². The maximum absolute atomic E-state index is 12.0. The summed E-state index contributed by atoms with van der Waals surface area (Å²) in [4.78, 5) is 23.7. The smallest absolute Gasteiger partial charge is 0.330 e. The summed E-state index contributed by atoms with van der Waals surface area (Å²) in [6, 6.07) is 0. The molecule has 0 amide bonds. The first kappa shape index (κ1) is 18.2. The lowest BCUT2D eigenvalue weighted by Crippen LogP contribution is -2.26. The monoisotopic (exact) mass is 340 g/mol. The average Bonchev–Trinajstić information content (AvgIpc) is 2.91. The number of methoxy groups -OCH3 is 1. The third-order valence-corrected chi connectivity index (χ3v) is 4.86. The van der Waals surface area contributed by atoms with Gasteiger partial charge in [-0.1, -0.05) is 6.08 Å². The zero-order valence-corrected chi connectivity index (χ0v) is 14.3. The highest BCUT2D eigenvalue weighted by Gasteiger charge is 2.28. The number of unbranched alkanes of at least 4 members (excludes halogenated alkanes) is 1. The van der Waals surface area contributed by atoms with Crippen LogP contribution in [-0.2, 0) is 23.8 Å². The SMILES string of the molecule is COC(=O)C=CCCCSC1=CC(OC2CCCCO2)CC1=O. The molecule has 0 aromatic carbocycles. The van der Waals surface area contributed by atoms with Gasteiger partial charge in [-0.2, -0.15) is 0 Å². The summed E-state index contributed by atoms with van der Waals surface area (Å²) in [5.41, 5.74) is 0. The molecule has 128 valence electrons. The minimum absolute atomic E-state index is 0.146. The van der Waals surface area contributed by atoms with E-state index in [0.717, 1.165) is 49.4 Å². The Labute approximate surface area is 141 Å². The molecule has 2 aliphatic rings. The standard InChI is InChI=1S/C17H24O5S/c1-20-16(19)7-3-2-6-10-23-15-12-13(11-14(15)18)22-17-8-4-5-9-21-17/h3,7,12-13,17H,2,4-6,8-11H2,1H3. The van der Waals surface area contributed by atoms with E-state index in [4.69, 9.17) is 9.47 Å². The predicted molar refractivity (Wildman–Crippen MR) is 89.0 cm³/mol. The Morgan fingerprint density at radius 1 is 1.48 bits per heavy atom. The third kappa shape index (κ3) is 6.49. The number of rotatable bonds is 8. The first-order valence-electron chi connectivity index (χ1n) is 8.08. The number of carbonyl (C=O) groups excluding carboxylic acids is 2. The average molecular weight is 340 g/mol. The van der Waals surface area contributed by atoms with Gasteiger partial charge in [0.05, 0.1) is 13.2 Å². The lowest BCUT2D eigenvalue weighted by molar-refractivity contribution is -0.178. The van der Waals surface area contributed by atoms with E-state index in [9.17, 15) is 9.59 Å². The number of hydrogen-bond acceptors (Lipinski definition) is 6. The van der Waals surface area contributed by atoms with Crippen molar-refractivity contribution in [2.45, 2.75) is 50.9 Å². The van der Waals surface area contributed by atoms with Gasteiger partial charge >= 0.3 is 5.97 Å². The van der Waals surface area contributed by atoms with Crippen molar-refractivity contribution in [1.82, 2.24) is 0 Å². The molecule has 1 heterocycles. The molecule has 0 bridgehead atoms. The quantitative estimate of drug-likeness (QED) is 0.384. The van der Waals surface area contributed by atoms with E-state index < -0.39 is 0 Å². The molecule has 2 rings (SSSR count). The van der Waals surface area contributed by atoms with Gasteiger partial charge in [-0.05, 0) is 43.9 Å². The molecular formula is C17H24O5S. The van der Waals surface area contributed by atoms with Crippen LogP contribution in [0.2, 0.25) is 0 Å². The van der Waals surface area contributed by atoms with Gasteiger partial charge in [0.15, 0.2) is 12.1 Å². The van der Waals surface area contributed by atoms with Gasteiger partial charge in [0.1, 0.15) is 0 Å². The van der Waals surface area contributed by atoms with Crippen LogP contribution in [0.15, 0.2) is 23.1 Å². The maximum atomic E-state index is 12.0. The van der Waals surface area contributed by atoms with Crippen LogP contribution in [0.3, 0.4) is 0 Å². The second-order valence-electron chi connectivity index (χ2n) is 5.55. The van der Waals surface area contributed by atoms with Crippen molar-refractivity contribution in [3.8, 4) is 0 Å². The number of carbonyl (C=O) groups is 2. The van der Waals surface area contributed by atoms with Gasteiger partial charge in [-0.3, -0.25) is 4.79 Å². The number of Topliss-reactive ketones (excluding diaryl/α,β-unsaturated/α-hetero) is 1. The molecule has 5 nitrogen and oxygen atoms in total. The van der Waals surface area contributed by atoms with E-state index in [1.54, 1.807) is 17.8 Å². The highest BCUT2D eigenvalue weighted by Crippen LogP contribution is 2.29. The topological polar surface area (TPSA) is 61.8 Å². The molecule has 23 heavy (non-hydrogen) atoms. The van der Waals surface area contributed by atoms with Crippen LogP contribution in [0.4, 0.5) is 0 Å². The summed E-state index contributed by atoms with van der Waals surface area (Å²) < 4.78 is 15.9. The van der Waals surface area contributed by atoms with Crippen molar-refractivity contribution in [3.05, 3.63) is 23.1 Å². The molecule has 0 saturated carbocycles. The highest BCUT2D eigenvalue weighted by atomic mass is 32.2. The van der Waals surface area contributed by atoms with Crippen molar-refractivity contribution in [1.29, 1.82) is 0 Å². The zero-order valence-electron chi connectivity index (χ0n) is 13.5. The molecule has 2 atom stereocenters. The van der Waals surface area contributed by atoms with Gasteiger partial charge in [0.2, 0.25) is 0 Å². The second-order valence-corrected chi connectivity index (χ2v) is 6.68. The number of hydrogen-bond donors (Lipinski definition) is 0. The Hall–Kier alpha value is -1.11. The van der Waals surface area contributed by atoms with E-state index in [-0.39, 0.29) is 24.1 Å². The van der Waals surface area contributed by atoms with Gasteiger partial charge in [-0.15, -0.1) is 11.8 Å². The Balaban J connectivity index is 1.65. The van der Waals surface area contributed by atoms with Crippen LogP contribution in [0.5, 0.6) is 0 Å². The lowest BCUT2D eigenvalue weighted by atomic mass is 10.2. The number of ether oxygens (including phenoxy) is 3. The van der Waals surface area contributed by atoms with Gasteiger partial charge in [-0.25, -0.2) is 4.79 Å². The lowest BCUT2D eigenvalue weighted by Gasteiger charge is -2.24. The number of ketones is 1. The maximum Gasteiger partial charge on any atom is 0.330 e. The van der Waals surface area contributed by atoms with E-state index in [0.29, 0.717) is 6.42 Å².